The number of aromatic nitrogens is 3. The van der Waals surface area contributed by atoms with Gasteiger partial charge in [0.05, 0.1) is 0 Å². The first-order valence-corrected chi connectivity index (χ1v) is 16.4. The lowest BCUT2D eigenvalue weighted by molar-refractivity contribution is 0.669. The largest absolute Gasteiger partial charge is 0.456 e. The summed E-state index contributed by atoms with van der Waals surface area (Å²) in [6.45, 7) is 0. The topological polar surface area (TPSA) is 51.8 Å². The summed E-state index contributed by atoms with van der Waals surface area (Å²) in [5, 5.41) is 9.20. The van der Waals surface area contributed by atoms with E-state index >= 15 is 0 Å². The van der Waals surface area contributed by atoms with Crippen LogP contribution in [0.1, 0.15) is 0 Å². The van der Waals surface area contributed by atoms with Crippen molar-refractivity contribution >= 4 is 54.3 Å². The van der Waals surface area contributed by atoms with Gasteiger partial charge in [-0.1, -0.05) is 115 Å². The molecule has 0 amide bonds. The molecule has 0 atom stereocenters. The fraction of sp³-hybridized carbons (Fsp3) is 0. The molecule has 10 rings (SSSR count). The fourth-order valence-corrected chi connectivity index (χ4v) is 6.89. The molecular weight excluding hydrogens is 599 g/mol. The summed E-state index contributed by atoms with van der Waals surface area (Å²) < 4.78 is 6.11. The van der Waals surface area contributed by atoms with Crippen LogP contribution in [0.3, 0.4) is 0 Å². The molecule has 0 fully saturated rings. The summed E-state index contributed by atoms with van der Waals surface area (Å²) >= 11 is 0. The molecule has 0 bridgehead atoms. The van der Waals surface area contributed by atoms with Crippen molar-refractivity contribution in [1.82, 2.24) is 15.0 Å². The first-order chi connectivity index (χ1) is 24.2. The third-order valence-corrected chi connectivity index (χ3v) is 9.46. The minimum absolute atomic E-state index is 0.618. The SMILES string of the molecule is c1ccc2cc(-c3ccc4cc(-c5nc(-c6ccc7ccccc7c6)nc(-c6ccc7oc8ccccc8c7c6)n5)ccc4c3)ccc2c1. The third-order valence-electron chi connectivity index (χ3n) is 9.46. The zero-order valence-electron chi connectivity index (χ0n) is 26.3. The van der Waals surface area contributed by atoms with Crippen LogP contribution in [-0.2, 0) is 0 Å². The van der Waals surface area contributed by atoms with Gasteiger partial charge in [0.25, 0.3) is 0 Å². The van der Waals surface area contributed by atoms with Crippen molar-refractivity contribution < 1.29 is 4.42 Å². The van der Waals surface area contributed by atoms with E-state index in [0.29, 0.717) is 17.5 Å². The maximum atomic E-state index is 6.11. The lowest BCUT2D eigenvalue weighted by Crippen LogP contribution is -2.00. The predicted molar refractivity (Wildman–Crippen MR) is 201 cm³/mol. The summed E-state index contributed by atoms with van der Waals surface area (Å²) in [5.74, 6) is 1.88. The number of benzene rings is 8. The van der Waals surface area contributed by atoms with Crippen LogP contribution in [0.25, 0.3) is 99.5 Å². The van der Waals surface area contributed by atoms with Crippen LogP contribution in [0.4, 0.5) is 0 Å². The lowest BCUT2D eigenvalue weighted by Gasteiger charge is -2.10. The van der Waals surface area contributed by atoms with E-state index < -0.39 is 0 Å². The zero-order chi connectivity index (χ0) is 32.3. The zero-order valence-corrected chi connectivity index (χ0v) is 26.3. The van der Waals surface area contributed by atoms with Crippen molar-refractivity contribution in [3.8, 4) is 45.3 Å². The van der Waals surface area contributed by atoms with Crippen LogP contribution < -0.4 is 0 Å². The van der Waals surface area contributed by atoms with E-state index in [1.165, 1.54) is 27.3 Å². The summed E-state index contributed by atoms with van der Waals surface area (Å²) in [6, 6.07) is 57.2. The number of furan rings is 1. The first-order valence-electron chi connectivity index (χ1n) is 16.4. The van der Waals surface area contributed by atoms with Gasteiger partial charge in [-0.15, -0.1) is 0 Å². The molecule has 0 N–H and O–H groups in total. The lowest BCUT2D eigenvalue weighted by atomic mass is 9.98. The predicted octanol–water partition coefficient (Wildman–Crippen LogP) is 11.9. The Morgan fingerprint density at radius 2 is 0.673 bits per heavy atom. The van der Waals surface area contributed by atoms with Crippen molar-refractivity contribution in [2.24, 2.45) is 0 Å². The standard InChI is InChI=1S/C45H27N3O/c1-3-9-30-23-32(15-13-28(30)7-1)33-16-17-35-26-37(20-18-34(35)24-33)44-46-43(36-19-14-29-8-2-4-10-31(29)25-36)47-45(48-44)38-21-22-42-40(27-38)39-11-5-6-12-41(39)49-42/h1-27H. The summed E-state index contributed by atoms with van der Waals surface area (Å²) in [6.07, 6.45) is 0. The van der Waals surface area contributed by atoms with E-state index in [-0.39, 0.29) is 0 Å². The molecule has 0 saturated heterocycles. The molecule has 0 aliphatic heterocycles. The second kappa shape index (κ2) is 11.0. The maximum absolute atomic E-state index is 6.11. The van der Waals surface area contributed by atoms with Crippen molar-refractivity contribution in [3.63, 3.8) is 0 Å². The smallest absolute Gasteiger partial charge is 0.164 e. The van der Waals surface area contributed by atoms with E-state index in [4.69, 9.17) is 19.4 Å². The van der Waals surface area contributed by atoms with Gasteiger partial charge in [-0.25, -0.2) is 15.0 Å². The molecule has 0 saturated carbocycles. The quantitative estimate of drug-likeness (QED) is 0.195. The van der Waals surface area contributed by atoms with E-state index in [9.17, 15) is 0 Å². The van der Waals surface area contributed by atoms with E-state index in [1.807, 2.05) is 30.3 Å². The number of hydrogen-bond donors (Lipinski definition) is 0. The molecule has 228 valence electrons. The number of hydrogen-bond acceptors (Lipinski definition) is 4. The second-order valence-corrected chi connectivity index (χ2v) is 12.5. The van der Waals surface area contributed by atoms with Gasteiger partial charge in [0, 0.05) is 27.5 Å². The van der Waals surface area contributed by atoms with Crippen LogP contribution in [0.15, 0.2) is 168 Å². The van der Waals surface area contributed by atoms with E-state index in [0.717, 1.165) is 54.8 Å². The Kier molecular flexibility index (Phi) is 6.15. The van der Waals surface area contributed by atoms with Gasteiger partial charge in [0.1, 0.15) is 11.2 Å². The normalized spacial score (nSPS) is 11.7. The monoisotopic (exact) mass is 625 g/mol. The van der Waals surface area contributed by atoms with Crippen molar-refractivity contribution in [1.29, 1.82) is 0 Å². The highest BCUT2D eigenvalue weighted by atomic mass is 16.3. The first kappa shape index (κ1) is 27.5. The minimum Gasteiger partial charge on any atom is -0.456 e. The Bertz CT molecular complexity index is 2900. The second-order valence-electron chi connectivity index (χ2n) is 12.5. The van der Waals surface area contributed by atoms with Crippen molar-refractivity contribution in [3.05, 3.63) is 164 Å². The Hall–Kier alpha value is -6.65. The van der Waals surface area contributed by atoms with Crippen LogP contribution in [0.2, 0.25) is 0 Å². The average molecular weight is 626 g/mol. The number of fused-ring (bicyclic) bond motifs is 6. The molecular formula is C45H27N3O. The van der Waals surface area contributed by atoms with Gasteiger partial charge in [0.15, 0.2) is 17.5 Å². The summed E-state index contributed by atoms with van der Waals surface area (Å²) in [5.41, 5.74) is 6.88. The van der Waals surface area contributed by atoms with E-state index in [2.05, 4.69) is 133 Å². The molecule has 10 aromatic rings. The summed E-state index contributed by atoms with van der Waals surface area (Å²) in [7, 11) is 0. The molecule has 0 aliphatic carbocycles. The van der Waals surface area contributed by atoms with Crippen LogP contribution in [0.5, 0.6) is 0 Å². The van der Waals surface area contributed by atoms with Gasteiger partial charge in [-0.05, 0) is 92.0 Å². The maximum Gasteiger partial charge on any atom is 0.164 e. The van der Waals surface area contributed by atoms with Gasteiger partial charge in [0.2, 0.25) is 0 Å². The average Bonchev–Trinajstić information content (AvgIpc) is 3.55. The molecule has 49 heavy (non-hydrogen) atoms. The molecule has 2 heterocycles. The number of para-hydroxylation sites is 1. The molecule has 0 unspecified atom stereocenters. The van der Waals surface area contributed by atoms with Gasteiger partial charge < -0.3 is 4.42 Å². The third kappa shape index (κ3) is 4.81. The fourth-order valence-electron chi connectivity index (χ4n) is 6.89. The molecule has 8 aromatic carbocycles. The molecule has 0 spiro atoms. The number of rotatable bonds is 4. The van der Waals surface area contributed by atoms with Crippen LogP contribution in [-0.4, -0.2) is 15.0 Å². The van der Waals surface area contributed by atoms with Gasteiger partial charge >= 0.3 is 0 Å². The van der Waals surface area contributed by atoms with E-state index in [1.54, 1.807) is 0 Å². The highest BCUT2D eigenvalue weighted by Gasteiger charge is 2.15. The number of nitrogens with zero attached hydrogens (tertiary/aromatic N) is 3. The Labute approximate surface area is 282 Å². The Balaban J connectivity index is 1.11. The van der Waals surface area contributed by atoms with Crippen molar-refractivity contribution in [2.45, 2.75) is 0 Å². The molecule has 4 nitrogen and oxygen atoms in total. The van der Waals surface area contributed by atoms with Crippen LogP contribution in [0, 0.1) is 0 Å². The van der Waals surface area contributed by atoms with Gasteiger partial charge in [-0.3, -0.25) is 0 Å². The Morgan fingerprint density at radius 1 is 0.286 bits per heavy atom. The highest BCUT2D eigenvalue weighted by molar-refractivity contribution is 6.06. The molecule has 2 aromatic heterocycles. The van der Waals surface area contributed by atoms with Gasteiger partial charge in [-0.2, -0.15) is 0 Å². The minimum atomic E-state index is 0.618. The van der Waals surface area contributed by atoms with Crippen LogP contribution >= 0.6 is 0 Å². The van der Waals surface area contributed by atoms with Crippen molar-refractivity contribution in [2.75, 3.05) is 0 Å². The molecule has 0 radical (unpaired) electrons. The summed E-state index contributed by atoms with van der Waals surface area (Å²) in [4.78, 5) is 15.2. The Morgan fingerprint density at radius 3 is 1.27 bits per heavy atom. The molecule has 0 aliphatic rings. The molecule has 4 heteroatoms. The highest BCUT2D eigenvalue weighted by Crippen LogP contribution is 2.34.